The fourth-order valence-corrected chi connectivity index (χ4v) is 3.34. The van der Waals surface area contributed by atoms with Gasteiger partial charge in [-0.05, 0) is 26.7 Å². The van der Waals surface area contributed by atoms with Crippen LogP contribution in [0, 0.1) is 6.92 Å². The molecule has 2 aliphatic rings. The maximum absolute atomic E-state index is 5.61. The van der Waals surface area contributed by atoms with Crippen molar-refractivity contribution in [1.82, 2.24) is 15.2 Å². The highest BCUT2D eigenvalue weighted by Crippen LogP contribution is 2.33. The molecule has 0 aromatic carbocycles. The summed E-state index contributed by atoms with van der Waals surface area (Å²) in [5.74, 6) is 1.76. The van der Waals surface area contributed by atoms with Crippen molar-refractivity contribution in [3.63, 3.8) is 0 Å². The average Bonchev–Trinajstić information content (AvgIpc) is 2.95. The lowest BCUT2D eigenvalue weighted by atomic mass is 9.92. The van der Waals surface area contributed by atoms with Crippen molar-refractivity contribution in [1.29, 1.82) is 0 Å². The molecule has 18 heavy (non-hydrogen) atoms. The van der Waals surface area contributed by atoms with Crippen LogP contribution in [0.1, 0.15) is 44.3 Å². The van der Waals surface area contributed by atoms with Gasteiger partial charge in [0.2, 0.25) is 5.89 Å². The van der Waals surface area contributed by atoms with Gasteiger partial charge in [-0.2, -0.15) is 0 Å². The molecule has 3 rings (SSSR count). The molecular formula is C14H23N3O. The molecule has 1 aliphatic carbocycles. The number of nitrogens with zero attached hydrogens (tertiary/aromatic N) is 2. The highest BCUT2D eigenvalue weighted by Gasteiger charge is 2.40. The van der Waals surface area contributed by atoms with E-state index in [2.05, 4.69) is 22.1 Å². The van der Waals surface area contributed by atoms with Gasteiger partial charge < -0.3 is 9.73 Å². The quantitative estimate of drug-likeness (QED) is 0.871. The van der Waals surface area contributed by atoms with E-state index in [1.54, 1.807) is 0 Å². The molecule has 1 unspecified atom stereocenters. The second-order valence-electron chi connectivity index (χ2n) is 5.99. The number of aryl methyl sites for hydroxylation is 1. The lowest BCUT2D eigenvalue weighted by Gasteiger charge is -2.44. The molecule has 1 aromatic heterocycles. The highest BCUT2D eigenvalue weighted by atomic mass is 16.4. The van der Waals surface area contributed by atoms with Gasteiger partial charge in [0, 0.05) is 24.7 Å². The summed E-state index contributed by atoms with van der Waals surface area (Å²) in [6.45, 7) is 7.30. The van der Waals surface area contributed by atoms with Crippen molar-refractivity contribution < 1.29 is 4.42 Å². The molecule has 4 heteroatoms. The van der Waals surface area contributed by atoms with Crippen molar-refractivity contribution in [2.75, 3.05) is 13.1 Å². The van der Waals surface area contributed by atoms with Crippen molar-refractivity contribution in [2.24, 2.45) is 0 Å². The molecule has 1 saturated carbocycles. The fourth-order valence-electron chi connectivity index (χ4n) is 3.34. The Morgan fingerprint density at radius 3 is 2.94 bits per heavy atom. The van der Waals surface area contributed by atoms with Crippen LogP contribution in [0.15, 0.2) is 10.6 Å². The van der Waals surface area contributed by atoms with E-state index in [1.807, 2.05) is 13.1 Å². The molecule has 4 nitrogen and oxygen atoms in total. The van der Waals surface area contributed by atoms with Gasteiger partial charge >= 0.3 is 0 Å². The van der Waals surface area contributed by atoms with Crippen LogP contribution in [-0.2, 0) is 6.54 Å². The van der Waals surface area contributed by atoms with Gasteiger partial charge in [0.1, 0.15) is 5.76 Å². The predicted octanol–water partition coefficient (Wildman–Crippen LogP) is 2.09. The first-order valence-corrected chi connectivity index (χ1v) is 7.07. The van der Waals surface area contributed by atoms with Crippen LogP contribution in [0.25, 0.3) is 0 Å². The molecule has 1 aliphatic heterocycles. The van der Waals surface area contributed by atoms with E-state index in [0.29, 0.717) is 11.6 Å². The van der Waals surface area contributed by atoms with E-state index in [-0.39, 0.29) is 0 Å². The first-order chi connectivity index (χ1) is 8.67. The summed E-state index contributed by atoms with van der Waals surface area (Å²) in [7, 11) is 0. The van der Waals surface area contributed by atoms with E-state index < -0.39 is 0 Å². The van der Waals surface area contributed by atoms with Gasteiger partial charge in [-0.3, -0.25) is 4.90 Å². The molecule has 2 fully saturated rings. The van der Waals surface area contributed by atoms with Gasteiger partial charge in [-0.25, -0.2) is 4.98 Å². The number of aromatic nitrogens is 1. The number of oxazole rings is 1. The Labute approximate surface area is 109 Å². The maximum atomic E-state index is 5.61. The van der Waals surface area contributed by atoms with Crippen molar-refractivity contribution in [3.05, 3.63) is 17.8 Å². The van der Waals surface area contributed by atoms with Gasteiger partial charge in [0.25, 0.3) is 0 Å². The normalized spacial score (nSPS) is 28.0. The lowest BCUT2D eigenvalue weighted by Crippen LogP contribution is -2.62. The molecular weight excluding hydrogens is 226 g/mol. The molecule has 1 saturated heterocycles. The zero-order valence-corrected chi connectivity index (χ0v) is 11.4. The van der Waals surface area contributed by atoms with Gasteiger partial charge in [0.05, 0.1) is 12.7 Å². The number of rotatable bonds is 2. The minimum Gasteiger partial charge on any atom is -0.445 e. The summed E-state index contributed by atoms with van der Waals surface area (Å²) >= 11 is 0. The van der Waals surface area contributed by atoms with E-state index in [4.69, 9.17) is 4.42 Å². The molecule has 100 valence electrons. The van der Waals surface area contributed by atoms with E-state index in [0.717, 1.165) is 31.3 Å². The number of nitrogens with one attached hydrogen (secondary N) is 1. The second kappa shape index (κ2) is 4.67. The summed E-state index contributed by atoms with van der Waals surface area (Å²) in [5, 5.41) is 3.77. The molecule has 0 bridgehead atoms. The first-order valence-electron chi connectivity index (χ1n) is 7.07. The van der Waals surface area contributed by atoms with Crippen LogP contribution < -0.4 is 5.32 Å². The predicted molar refractivity (Wildman–Crippen MR) is 70.3 cm³/mol. The van der Waals surface area contributed by atoms with Gasteiger partial charge in [0.15, 0.2) is 0 Å². The molecule has 1 spiro atoms. The number of piperazine rings is 1. The molecule has 0 radical (unpaired) electrons. The second-order valence-corrected chi connectivity index (χ2v) is 5.99. The molecule has 1 aromatic rings. The number of hydrogen-bond donors (Lipinski definition) is 1. The van der Waals surface area contributed by atoms with Gasteiger partial charge in [-0.1, -0.05) is 12.8 Å². The van der Waals surface area contributed by atoms with E-state index in [1.165, 1.54) is 25.7 Å². The van der Waals surface area contributed by atoms with Crippen LogP contribution >= 0.6 is 0 Å². The van der Waals surface area contributed by atoms with Crippen molar-refractivity contribution in [3.8, 4) is 0 Å². The Morgan fingerprint density at radius 2 is 2.28 bits per heavy atom. The summed E-state index contributed by atoms with van der Waals surface area (Å²) < 4.78 is 5.61. The van der Waals surface area contributed by atoms with Crippen molar-refractivity contribution >= 4 is 0 Å². The minimum atomic E-state index is 0.369. The minimum absolute atomic E-state index is 0.369. The lowest BCUT2D eigenvalue weighted by molar-refractivity contribution is 0.0748. The summed E-state index contributed by atoms with van der Waals surface area (Å²) in [5.41, 5.74) is 0.369. The third kappa shape index (κ3) is 2.31. The monoisotopic (exact) mass is 249 g/mol. The molecule has 1 atom stereocenters. The van der Waals surface area contributed by atoms with Crippen LogP contribution in [0.3, 0.4) is 0 Å². The molecule has 2 heterocycles. The third-order valence-electron chi connectivity index (χ3n) is 4.47. The zero-order chi connectivity index (χ0) is 12.6. The number of hydrogen-bond acceptors (Lipinski definition) is 4. The van der Waals surface area contributed by atoms with E-state index in [9.17, 15) is 0 Å². The topological polar surface area (TPSA) is 41.3 Å². The van der Waals surface area contributed by atoms with Gasteiger partial charge in [-0.15, -0.1) is 0 Å². The molecule has 0 amide bonds. The Kier molecular flexibility index (Phi) is 3.16. The maximum Gasteiger partial charge on any atom is 0.208 e. The van der Waals surface area contributed by atoms with Crippen LogP contribution in [0.2, 0.25) is 0 Å². The fraction of sp³-hybridized carbons (Fsp3) is 0.786. The summed E-state index contributed by atoms with van der Waals surface area (Å²) in [4.78, 5) is 6.85. The molecule has 1 N–H and O–H groups in total. The van der Waals surface area contributed by atoms with Crippen LogP contribution in [0.5, 0.6) is 0 Å². The smallest absolute Gasteiger partial charge is 0.208 e. The largest absolute Gasteiger partial charge is 0.445 e. The van der Waals surface area contributed by atoms with Crippen LogP contribution in [0.4, 0.5) is 0 Å². The Balaban J connectivity index is 1.69. The van der Waals surface area contributed by atoms with E-state index >= 15 is 0 Å². The summed E-state index contributed by atoms with van der Waals surface area (Å²) in [6, 6.07) is 0.559. The first kappa shape index (κ1) is 12.2. The van der Waals surface area contributed by atoms with Crippen LogP contribution in [-0.4, -0.2) is 34.6 Å². The van der Waals surface area contributed by atoms with Crippen molar-refractivity contribution in [2.45, 2.75) is 57.7 Å². The zero-order valence-electron chi connectivity index (χ0n) is 11.4. The summed E-state index contributed by atoms with van der Waals surface area (Å²) in [6.07, 6.45) is 7.19. The SMILES string of the molecule is Cc1cnc(CN2CC3(CCCC3)NCC2C)o1. The standard InChI is InChI=1S/C14H23N3O/c1-11-7-16-14(5-3-4-6-14)10-17(11)9-13-15-8-12(2)18-13/h8,11,16H,3-7,9-10H2,1-2H3. The third-order valence-corrected chi connectivity index (χ3v) is 4.47. The Morgan fingerprint density at radius 1 is 1.50 bits per heavy atom. The average molecular weight is 249 g/mol. The highest BCUT2D eigenvalue weighted by molar-refractivity contribution is 5.01. The Bertz CT molecular complexity index is 409. The Hall–Kier alpha value is -0.870.